The molecule has 3 aromatic rings. The van der Waals surface area contributed by atoms with Crippen LogP contribution in [0.15, 0.2) is 48.7 Å². The summed E-state index contributed by atoms with van der Waals surface area (Å²) >= 11 is 0. The van der Waals surface area contributed by atoms with Crippen molar-refractivity contribution in [1.29, 1.82) is 0 Å². The summed E-state index contributed by atoms with van der Waals surface area (Å²) in [4.78, 5) is 14.2. The maximum atomic E-state index is 12.6. The first-order valence-electron chi connectivity index (χ1n) is 10.7. The molecule has 1 amide bonds. The second-order valence-electron chi connectivity index (χ2n) is 8.19. The Balaban J connectivity index is 1.32. The lowest BCUT2D eigenvalue weighted by molar-refractivity contribution is -0.129. The lowest BCUT2D eigenvalue weighted by Crippen LogP contribution is -2.42. The predicted octanol–water partition coefficient (Wildman–Crippen LogP) is 2.66. The molecular weight excluding hydrogens is 430 g/mol. The molecule has 0 radical (unpaired) electrons. The first-order chi connectivity index (χ1) is 15.3. The predicted molar refractivity (Wildman–Crippen MR) is 121 cm³/mol. The smallest absolute Gasteiger partial charge is 0.241 e. The van der Waals surface area contributed by atoms with E-state index in [0.29, 0.717) is 37.4 Å². The highest BCUT2D eigenvalue weighted by atomic mass is 32.2. The molecular formula is C22H27N5O4S. The van der Waals surface area contributed by atoms with Gasteiger partial charge in [-0.15, -0.1) is 10.2 Å². The highest BCUT2D eigenvalue weighted by molar-refractivity contribution is 7.93. The number of carbonyl (C=O) groups is 1. The van der Waals surface area contributed by atoms with Crippen molar-refractivity contribution in [3.63, 3.8) is 0 Å². The Morgan fingerprint density at radius 3 is 2.53 bits per heavy atom. The van der Waals surface area contributed by atoms with Crippen molar-refractivity contribution < 1.29 is 17.9 Å². The molecule has 1 aromatic carbocycles. The topological polar surface area (TPSA) is 106 Å². The van der Waals surface area contributed by atoms with Gasteiger partial charge in [0.25, 0.3) is 0 Å². The molecule has 4 rings (SSSR count). The van der Waals surface area contributed by atoms with Crippen LogP contribution in [-0.2, 0) is 14.8 Å². The number of piperidine rings is 1. The van der Waals surface area contributed by atoms with Crippen LogP contribution in [-0.4, -0.2) is 58.8 Å². The summed E-state index contributed by atoms with van der Waals surface area (Å²) in [6.07, 6.45) is 3.39. The van der Waals surface area contributed by atoms with Crippen molar-refractivity contribution in [1.82, 2.24) is 19.5 Å². The van der Waals surface area contributed by atoms with E-state index in [-0.39, 0.29) is 12.0 Å². The molecule has 0 bridgehead atoms. The van der Waals surface area contributed by atoms with Gasteiger partial charge in [0, 0.05) is 30.9 Å². The van der Waals surface area contributed by atoms with E-state index in [2.05, 4.69) is 14.9 Å². The van der Waals surface area contributed by atoms with Crippen LogP contribution in [0.4, 0.5) is 5.69 Å². The summed E-state index contributed by atoms with van der Waals surface area (Å²) in [5.74, 6) is 0.726. The van der Waals surface area contributed by atoms with Gasteiger partial charge in [-0.3, -0.25) is 13.9 Å². The minimum atomic E-state index is -3.81. The largest absolute Gasteiger partial charge is 0.491 e. The van der Waals surface area contributed by atoms with Gasteiger partial charge in [-0.25, -0.2) is 8.42 Å². The number of nitrogens with zero attached hydrogens (tertiary/aromatic N) is 4. The van der Waals surface area contributed by atoms with E-state index in [1.165, 1.54) is 0 Å². The van der Waals surface area contributed by atoms with Gasteiger partial charge in [-0.2, -0.15) is 0 Å². The fraction of sp³-hybridized carbons (Fsp3) is 0.409. The number of fused-ring (bicyclic) bond motifs is 1. The number of nitrogens with one attached hydrogen (secondary N) is 1. The van der Waals surface area contributed by atoms with Crippen molar-refractivity contribution in [2.75, 3.05) is 23.6 Å². The van der Waals surface area contributed by atoms with Crippen molar-refractivity contribution >= 4 is 27.3 Å². The van der Waals surface area contributed by atoms with E-state index in [1.807, 2.05) is 42.6 Å². The number of anilines is 1. The Morgan fingerprint density at radius 2 is 1.84 bits per heavy atom. The van der Waals surface area contributed by atoms with Gasteiger partial charge in [-0.1, -0.05) is 6.07 Å². The van der Waals surface area contributed by atoms with Crippen LogP contribution in [0.1, 0.15) is 38.4 Å². The second kappa shape index (κ2) is 9.15. The van der Waals surface area contributed by atoms with Crippen molar-refractivity contribution in [2.24, 2.45) is 0 Å². The van der Waals surface area contributed by atoms with Crippen LogP contribution >= 0.6 is 0 Å². The molecule has 0 spiro atoms. The normalized spacial score (nSPS) is 15.3. The second-order valence-corrected chi connectivity index (χ2v) is 9.92. The van der Waals surface area contributed by atoms with E-state index in [9.17, 15) is 13.2 Å². The Bertz CT molecular complexity index is 1180. The highest BCUT2D eigenvalue weighted by Gasteiger charge is 2.29. The summed E-state index contributed by atoms with van der Waals surface area (Å²) in [6, 6.07) is 12.4. The Kier molecular flexibility index (Phi) is 6.31. The quantitative estimate of drug-likeness (QED) is 0.585. The minimum Gasteiger partial charge on any atom is -0.491 e. The zero-order valence-electron chi connectivity index (χ0n) is 18.1. The van der Waals surface area contributed by atoms with Crippen LogP contribution in [0.3, 0.4) is 0 Å². The molecule has 1 aliphatic rings. The third-order valence-corrected chi connectivity index (χ3v) is 6.54. The first-order valence-corrected chi connectivity index (χ1v) is 12.3. The molecule has 0 saturated carbocycles. The van der Waals surface area contributed by atoms with E-state index in [1.54, 1.807) is 29.2 Å². The average Bonchev–Trinajstić information content (AvgIpc) is 3.18. The standard InChI is InChI=1S/C22H27N5O4S/c1-16(2)31-19-8-6-18(7-9-19)25-32(29,30)15-21(28)26-13-10-17(11-14-26)22-24-23-20-5-3-4-12-27(20)22/h3-9,12,16-17,25H,10-11,13-15H2,1-2H3. The number of amides is 1. The maximum Gasteiger partial charge on any atom is 0.241 e. The summed E-state index contributed by atoms with van der Waals surface area (Å²) < 4.78 is 35.0. The SMILES string of the molecule is CC(C)Oc1ccc(NS(=O)(=O)CC(=O)N2CCC(c3nnc4ccccn34)CC2)cc1. The van der Waals surface area contributed by atoms with Gasteiger partial charge in [-0.05, 0) is 63.1 Å². The molecule has 1 saturated heterocycles. The van der Waals surface area contributed by atoms with Crippen LogP contribution in [0, 0.1) is 0 Å². The molecule has 9 nitrogen and oxygen atoms in total. The van der Waals surface area contributed by atoms with E-state index in [0.717, 1.165) is 11.5 Å². The maximum absolute atomic E-state index is 12.6. The van der Waals surface area contributed by atoms with Gasteiger partial charge in [0.2, 0.25) is 15.9 Å². The third kappa shape index (κ3) is 5.18. The zero-order valence-corrected chi connectivity index (χ0v) is 19.0. The van der Waals surface area contributed by atoms with Crippen LogP contribution in [0.2, 0.25) is 0 Å². The number of ether oxygens (including phenoxy) is 1. The number of benzene rings is 1. The minimum absolute atomic E-state index is 0.0303. The molecule has 10 heteroatoms. The van der Waals surface area contributed by atoms with Crippen molar-refractivity contribution in [3.8, 4) is 5.75 Å². The number of likely N-dealkylation sites (tertiary alicyclic amines) is 1. The van der Waals surface area contributed by atoms with Crippen molar-refractivity contribution in [3.05, 3.63) is 54.5 Å². The van der Waals surface area contributed by atoms with Gasteiger partial charge < -0.3 is 9.64 Å². The van der Waals surface area contributed by atoms with Crippen LogP contribution in [0.5, 0.6) is 5.75 Å². The van der Waals surface area contributed by atoms with E-state index < -0.39 is 21.7 Å². The van der Waals surface area contributed by atoms with E-state index >= 15 is 0 Å². The van der Waals surface area contributed by atoms with Crippen molar-refractivity contribution in [2.45, 2.75) is 38.7 Å². The zero-order chi connectivity index (χ0) is 22.7. The molecule has 1 N–H and O–H groups in total. The monoisotopic (exact) mass is 457 g/mol. The highest BCUT2D eigenvalue weighted by Crippen LogP contribution is 2.27. The van der Waals surface area contributed by atoms with Crippen LogP contribution in [0.25, 0.3) is 5.65 Å². The number of rotatable bonds is 7. The van der Waals surface area contributed by atoms with Gasteiger partial charge in [0.1, 0.15) is 17.3 Å². The van der Waals surface area contributed by atoms with Gasteiger partial charge >= 0.3 is 0 Å². The lowest BCUT2D eigenvalue weighted by Gasteiger charge is -2.31. The van der Waals surface area contributed by atoms with Crippen LogP contribution < -0.4 is 9.46 Å². The molecule has 0 unspecified atom stereocenters. The summed E-state index contributed by atoms with van der Waals surface area (Å²) in [5, 5.41) is 8.50. The average molecular weight is 458 g/mol. The third-order valence-electron chi connectivity index (χ3n) is 5.37. The Morgan fingerprint density at radius 1 is 1.12 bits per heavy atom. The molecule has 3 heterocycles. The fourth-order valence-electron chi connectivity index (χ4n) is 3.87. The first kappa shape index (κ1) is 22.1. The molecule has 0 atom stereocenters. The lowest BCUT2D eigenvalue weighted by atomic mass is 9.96. The van der Waals surface area contributed by atoms with Gasteiger partial charge in [0.15, 0.2) is 5.65 Å². The Labute approximate surface area is 187 Å². The number of hydrogen-bond acceptors (Lipinski definition) is 6. The molecule has 1 aliphatic heterocycles. The molecule has 0 aliphatic carbocycles. The molecule has 32 heavy (non-hydrogen) atoms. The summed E-state index contributed by atoms with van der Waals surface area (Å²) in [5.41, 5.74) is 1.19. The number of aromatic nitrogens is 3. The van der Waals surface area contributed by atoms with E-state index in [4.69, 9.17) is 4.74 Å². The number of sulfonamides is 1. The fourth-order valence-corrected chi connectivity index (χ4v) is 4.94. The molecule has 1 fully saturated rings. The van der Waals surface area contributed by atoms with Gasteiger partial charge in [0.05, 0.1) is 6.10 Å². The number of carbonyl (C=O) groups excluding carboxylic acids is 1. The molecule has 170 valence electrons. The number of hydrogen-bond donors (Lipinski definition) is 1. The summed E-state index contributed by atoms with van der Waals surface area (Å²) in [7, 11) is -3.81. The number of pyridine rings is 1. The summed E-state index contributed by atoms with van der Waals surface area (Å²) in [6.45, 7) is 4.81. The Hall–Kier alpha value is -3.14. The molecule has 2 aromatic heterocycles.